The summed E-state index contributed by atoms with van der Waals surface area (Å²) in [5, 5.41) is 3.01. The van der Waals surface area contributed by atoms with E-state index in [-0.39, 0.29) is 23.1 Å². The zero-order chi connectivity index (χ0) is 23.4. The molecule has 0 saturated carbocycles. The van der Waals surface area contributed by atoms with Gasteiger partial charge < -0.3 is 5.32 Å². The number of carbonyl (C=O) groups excluding carboxylic acids is 2. The molecule has 0 bridgehead atoms. The second-order valence-corrected chi connectivity index (χ2v) is 11.2. The molecule has 1 atom stereocenters. The van der Waals surface area contributed by atoms with Crippen LogP contribution >= 0.6 is 0 Å². The Kier molecular flexibility index (Phi) is 7.54. The Morgan fingerprint density at radius 3 is 2.58 bits per heavy atom. The molecule has 4 rings (SSSR count). The number of hydrogen-bond acceptors (Lipinski definition) is 4. The fraction of sp³-hybridized carbons (Fsp3) is 0.600. The van der Waals surface area contributed by atoms with Crippen molar-refractivity contribution in [3.63, 3.8) is 0 Å². The molecule has 33 heavy (non-hydrogen) atoms. The van der Waals surface area contributed by atoms with Gasteiger partial charge in [-0.05, 0) is 68.7 Å². The average molecular weight is 474 g/mol. The lowest BCUT2D eigenvalue weighted by Gasteiger charge is -2.26. The van der Waals surface area contributed by atoms with Gasteiger partial charge in [0, 0.05) is 38.2 Å². The van der Waals surface area contributed by atoms with Crippen LogP contribution in [0.5, 0.6) is 0 Å². The highest BCUT2D eigenvalue weighted by Crippen LogP contribution is 2.35. The van der Waals surface area contributed by atoms with Crippen molar-refractivity contribution < 1.29 is 18.0 Å². The minimum atomic E-state index is -3.57. The van der Waals surface area contributed by atoms with Crippen LogP contribution in [-0.4, -0.2) is 50.2 Å². The molecule has 180 valence electrons. The molecule has 7 nitrogen and oxygen atoms in total. The number of sulfonamides is 1. The summed E-state index contributed by atoms with van der Waals surface area (Å²) in [6.07, 6.45) is 11.2. The standard InChI is InChI=1S/C25H35N3O4S/c1-2-24(29)28-22-12-11-21(33(31,32)27-15-7-4-8-16-27)17-20(22)18-23(28)25(30)26-14-13-19-9-5-3-6-10-19/h9,11-12,17,23H,2-8,10,13-16,18H2,1H3,(H,26,30)/t23-/m1/s1. The van der Waals surface area contributed by atoms with E-state index < -0.39 is 16.1 Å². The molecule has 2 amide bonds. The van der Waals surface area contributed by atoms with E-state index in [9.17, 15) is 18.0 Å². The predicted molar refractivity (Wildman–Crippen MR) is 128 cm³/mol. The molecule has 3 aliphatic rings. The fourth-order valence-electron chi connectivity index (χ4n) is 5.13. The minimum Gasteiger partial charge on any atom is -0.354 e. The summed E-state index contributed by atoms with van der Waals surface area (Å²) in [5.74, 6) is -0.305. The number of fused-ring (bicyclic) bond motifs is 1. The number of allylic oxidation sites excluding steroid dienone is 1. The van der Waals surface area contributed by atoms with Gasteiger partial charge in [-0.15, -0.1) is 0 Å². The van der Waals surface area contributed by atoms with Gasteiger partial charge in [0.05, 0.1) is 4.90 Å². The molecule has 0 unspecified atom stereocenters. The molecule has 0 radical (unpaired) electrons. The van der Waals surface area contributed by atoms with Crippen molar-refractivity contribution in [1.82, 2.24) is 9.62 Å². The fourth-order valence-corrected chi connectivity index (χ4v) is 6.70. The summed E-state index contributed by atoms with van der Waals surface area (Å²) >= 11 is 0. The molecule has 2 aliphatic heterocycles. The minimum absolute atomic E-state index is 0.129. The number of nitrogens with zero attached hydrogens (tertiary/aromatic N) is 2. The molecule has 8 heteroatoms. The Labute approximate surface area is 197 Å². The lowest BCUT2D eigenvalue weighted by Crippen LogP contribution is -2.48. The summed E-state index contributed by atoms with van der Waals surface area (Å²) in [4.78, 5) is 27.6. The lowest BCUT2D eigenvalue weighted by atomic mass is 9.97. The molecule has 0 spiro atoms. The molecule has 0 aromatic heterocycles. The smallest absolute Gasteiger partial charge is 0.243 e. The summed E-state index contributed by atoms with van der Waals surface area (Å²) in [6.45, 7) is 3.42. The maximum absolute atomic E-state index is 13.1. The lowest BCUT2D eigenvalue weighted by molar-refractivity contribution is -0.126. The van der Waals surface area contributed by atoms with E-state index in [0.717, 1.165) is 44.1 Å². The van der Waals surface area contributed by atoms with Crippen molar-refractivity contribution in [3.05, 3.63) is 35.4 Å². The number of benzene rings is 1. The van der Waals surface area contributed by atoms with Crippen molar-refractivity contribution in [2.24, 2.45) is 0 Å². The second-order valence-electron chi connectivity index (χ2n) is 9.24. The monoisotopic (exact) mass is 473 g/mol. The van der Waals surface area contributed by atoms with Crippen molar-refractivity contribution in [2.75, 3.05) is 24.5 Å². The first-order valence-corrected chi connectivity index (χ1v) is 13.8. The van der Waals surface area contributed by atoms with Gasteiger partial charge in [-0.3, -0.25) is 14.5 Å². The Hall–Kier alpha value is -2.19. The Balaban J connectivity index is 1.50. The van der Waals surface area contributed by atoms with E-state index in [4.69, 9.17) is 0 Å². The van der Waals surface area contributed by atoms with Crippen LogP contribution in [0.25, 0.3) is 0 Å². The molecule has 1 fully saturated rings. The normalized spacial score (nSPS) is 21.4. The average Bonchev–Trinajstić information content (AvgIpc) is 3.24. The zero-order valence-corrected chi connectivity index (χ0v) is 20.3. The Morgan fingerprint density at radius 2 is 1.88 bits per heavy atom. The topological polar surface area (TPSA) is 86.8 Å². The van der Waals surface area contributed by atoms with Crippen LogP contribution in [0.2, 0.25) is 0 Å². The summed E-state index contributed by atoms with van der Waals surface area (Å²) in [5.41, 5.74) is 2.78. The van der Waals surface area contributed by atoms with E-state index >= 15 is 0 Å². The predicted octanol–water partition coefficient (Wildman–Crippen LogP) is 3.54. The van der Waals surface area contributed by atoms with Crippen LogP contribution in [0.1, 0.15) is 70.3 Å². The van der Waals surface area contributed by atoms with E-state index in [2.05, 4.69) is 11.4 Å². The zero-order valence-electron chi connectivity index (χ0n) is 19.5. The number of rotatable bonds is 7. The van der Waals surface area contributed by atoms with Crippen molar-refractivity contribution in [1.29, 1.82) is 0 Å². The van der Waals surface area contributed by atoms with Gasteiger partial charge in [-0.2, -0.15) is 4.31 Å². The number of carbonyl (C=O) groups is 2. The highest BCUT2D eigenvalue weighted by atomic mass is 32.2. The Bertz CT molecular complexity index is 1030. The van der Waals surface area contributed by atoms with Crippen molar-refractivity contribution in [2.45, 2.75) is 82.1 Å². The highest BCUT2D eigenvalue weighted by molar-refractivity contribution is 7.89. The second kappa shape index (κ2) is 10.4. The first kappa shape index (κ1) is 24.0. The molecule has 1 aliphatic carbocycles. The highest BCUT2D eigenvalue weighted by Gasteiger charge is 2.38. The maximum atomic E-state index is 13.1. The molecular weight excluding hydrogens is 438 g/mol. The van der Waals surface area contributed by atoms with Crippen LogP contribution in [0, 0.1) is 0 Å². The molecular formula is C25H35N3O4S. The van der Waals surface area contributed by atoms with Crippen LogP contribution in [0.3, 0.4) is 0 Å². The number of anilines is 1. The SMILES string of the molecule is CCC(=O)N1c2ccc(S(=O)(=O)N3CCCCC3)cc2C[C@@H]1C(=O)NCCC1=CCCCC1. The van der Waals surface area contributed by atoms with Gasteiger partial charge in [0.25, 0.3) is 0 Å². The van der Waals surface area contributed by atoms with Gasteiger partial charge in [0.1, 0.15) is 6.04 Å². The third kappa shape index (κ3) is 5.17. The number of piperidine rings is 1. The largest absolute Gasteiger partial charge is 0.354 e. The van der Waals surface area contributed by atoms with Gasteiger partial charge >= 0.3 is 0 Å². The summed E-state index contributed by atoms with van der Waals surface area (Å²) < 4.78 is 27.8. The van der Waals surface area contributed by atoms with Crippen LogP contribution in [-0.2, 0) is 26.0 Å². The van der Waals surface area contributed by atoms with Crippen molar-refractivity contribution >= 4 is 27.5 Å². The third-order valence-electron chi connectivity index (χ3n) is 6.99. The van der Waals surface area contributed by atoms with Gasteiger partial charge in [-0.1, -0.05) is 25.0 Å². The number of hydrogen-bond donors (Lipinski definition) is 1. The third-order valence-corrected chi connectivity index (χ3v) is 8.89. The van der Waals surface area contributed by atoms with Crippen LogP contribution < -0.4 is 10.2 Å². The first-order chi connectivity index (χ1) is 15.9. The molecule has 1 aromatic rings. The van der Waals surface area contributed by atoms with Gasteiger partial charge in [0.2, 0.25) is 21.8 Å². The summed E-state index contributed by atoms with van der Waals surface area (Å²) in [7, 11) is -3.57. The molecule has 1 saturated heterocycles. The molecule has 1 N–H and O–H groups in total. The number of nitrogens with one attached hydrogen (secondary N) is 1. The van der Waals surface area contributed by atoms with E-state index in [1.807, 2.05) is 0 Å². The molecule has 2 heterocycles. The van der Waals surface area contributed by atoms with Gasteiger partial charge in [0.15, 0.2) is 0 Å². The quantitative estimate of drug-likeness (QED) is 0.614. The van der Waals surface area contributed by atoms with Crippen LogP contribution in [0.15, 0.2) is 34.7 Å². The number of amides is 2. The van der Waals surface area contributed by atoms with E-state index in [1.165, 1.54) is 18.4 Å². The van der Waals surface area contributed by atoms with E-state index in [0.29, 0.717) is 31.7 Å². The first-order valence-electron chi connectivity index (χ1n) is 12.3. The summed E-state index contributed by atoms with van der Waals surface area (Å²) in [6, 6.07) is 4.30. The van der Waals surface area contributed by atoms with Crippen molar-refractivity contribution in [3.8, 4) is 0 Å². The Morgan fingerprint density at radius 1 is 1.09 bits per heavy atom. The van der Waals surface area contributed by atoms with E-state index in [1.54, 1.807) is 34.3 Å². The maximum Gasteiger partial charge on any atom is 0.243 e. The molecule has 1 aromatic carbocycles. The van der Waals surface area contributed by atoms with Crippen LogP contribution in [0.4, 0.5) is 5.69 Å². The van der Waals surface area contributed by atoms with Gasteiger partial charge in [-0.25, -0.2) is 8.42 Å².